The molecule has 8 heteroatoms. The van der Waals surface area contributed by atoms with Crippen molar-refractivity contribution >= 4 is 23.3 Å². The molecule has 1 saturated carbocycles. The maximum atomic E-state index is 12.9. The number of rotatable bonds is 6. The minimum Gasteiger partial charge on any atom is -0.364 e. The quantitative estimate of drug-likeness (QED) is 0.648. The van der Waals surface area contributed by atoms with E-state index >= 15 is 0 Å². The van der Waals surface area contributed by atoms with E-state index in [0.29, 0.717) is 31.0 Å². The molecule has 1 aliphatic carbocycles. The van der Waals surface area contributed by atoms with Gasteiger partial charge in [-0.3, -0.25) is 9.59 Å². The number of carbonyl (C=O) groups excluding carboxylic acids is 2. The molecular weight excluding hydrogens is 404 g/mol. The lowest BCUT2D eigenvalue weighted by Crippen LogP contribution is -2.44. The van der Waals surface area contributed by atoms with Gasteiger partial charge >= 0.3 is 0 Å². The van der Waals surface area contributed by atoms with Crippen molar-refractivity contribution in [1.82, 2.24) is 24.2 Å². The third kappa shape index (κ3) is 3.92. The molecule has 3 aromatic heterocycles. The summed E-state index contributed by atoms with van der Waals surface area (Å²) in [6.45, 7) is 1.84. The fraction of sp³-hybridized carbons (Fsp3) is 0.417. The van der Waals surface area contributed by atoms with Crippen LogP contribution < -0.4 is 5.32 Å². The Morgan fingerprint density at radius 1 is 1.12 bits per heavy atom. The predicted octanol–water partition coefficient (Wildman–Crippen LogP) is 2.81. The highest BCUT2D eigenvalue weighted by Crippen LogP contribution is 2.29. The van der Waals surface area contributed by atoms with Crippen molar-refractivity contribution in [1.29, 1.82) is 0 Å². The topological polar surface area (TPSA) is 82.8 Å². The summed E-state index contributed by atoms with van der Waals surface area (Å²) in [5.74, 6) is 1.10. The molecule has 0 aromatic carbocycles. The number of anilines is 1. The van der Waals surface area contributed by atoms with E-state index in [9.17, 15) is 9.59 Å². The van der Waals surface area contributed by atoms with E-state index in [2.05, 4.69) is 15.3 Å². The number of carbonyl (C=O) groups is 2. The Bertz CT molecular complexity index is 1120. The SMILES string of the molecule is CN(C(=O)C1CCC1)[C@H]1CCN(C(=O)c2ccc(NCc3cnc4ccccn34)nc2)C1. The van der Waals surface area contributed by atoms with Crippen LogP contribution in [0.1, 0.15) is 41.7 Å². The van der Waals surface area contributed by atoms with Gasteiger partial charge in [0.1, 0.15) is 11.5 Å². The summed E-state index contributed by atoms with van der Waals surface area (Å²) in [5.41, 5.74) is 2.51. The second-order valence-corrected chi connectivity index (χ2v) is 8.73. The van der Waals surface area contributed by atoms with Crippen molar-refractivity contribution in [2.24, 2.45) is 5.92 Å². The zero-order valence-corrected chi connectivity index (χ0v) is 18.3. The van der Waals surface area contributed by atoms with E-state index < -0.39 is 0 Å². The van der Waals surface area contributed by atoms with Crippen LogP contribution in [0.2, 0.25) is 0 Å². The molecule has 1 N–H and O–H groups in total. The first-order chi connectivity index (χ1) is 15.6. The van der Waals surface area contributed by atoms with Gasteiger partial charge in [0.2, 0.25) is 5.91 Å². The van der Waals surface area contributed by atoms with Crippen LogP contribution >= 0.6 is 0 Å². The molecule has 0 unspecified atom stereocenters. The number of fused-ring (bicyclic) bond motifs is 1. The van der Waals surface area contributed by atoms with Crippen LogP contribution in [-0.4, -0.2) is 62.2 Å². The number of hydrogen-bond acceptors (Lipinski definition) is 5. The van der Waals surface area contributed by atoms with Crippen LogP contribution in [0.3, 0.4) is 0 Å². The van der Waals surface area contributed by atoms with E-state index in [4.69, 9.17) is 0 Å². The Kier molecular flexibility index (Phi) is 5.51. The van der Waals surface area contributed by atoms with Gasteiger partial charge in [-0.25, -0.2) is 9.97 Å². The molecule has 0 radical (unpaired) electrons. The number of nitrogens with one attached hydrogen (secondary N) is 1. The number of nitrogens with zero attached hydrogens (tertiary/aromatic N) is 5. The van der Waals surface area contributed by atoms with Crippen molar-refractivity contribution in [2.45, 2.75) is 38.3 Å². The Morgan fingerprint density at radius 2 is 2.00 bits per heavy atom. The molecule has 1 atom stereocenters. The Morgan fingerprint density at radius 3 is 2.75 bits per heavy atom. The predicted molar refractivity (Wildman–Crippen MR) is 121 cm³/mol. The smallest absolute Gasteiger partial charge is 0.255 e. The van der Waals surface area contributed by atoms with Crippen LogP contribution in [0.5, 0.6) is 0 Å². The highest BCUT2D eigenvalue weighted by Gasteiger charge is 2.35. The molecule has 4 heterocycles. The summed E-state index contributed by atoms with van der Waals surface area (Å²) in [6.07, 6.45) is 9.43. The molecule has 0 spiro atoms. The van der Waals surface area contributed by atoms with Gasteiger partial charge in [-0.2, -0.15) is 0 Å². The standard InChI is InChI=1S/C24H28N6O2/c1-28(23(31)17-5-4-6-17)19-10-12-29(16-19)24(32)18-8-9-21(25-13-18)26-14-20-15-27-22-7-2-3-11-30(20)22/h2-3,7-9,11,13,15,17,19H,4-6,10,12,14,16H2,1H3,(H,25,26)/t19-/m0/s1. The molecule has 2 aliphatic rings. The van der Waals surface area contributed by atoms with Gasteiger partial charge in [-0.1, -0.05) is 12.5 Å². The summed E-state index contributed by atoms with van der Waals surface area (Å²) in [4.78, 5) is 38.0. The first-order valence-corrected chi connectivity index (χ1v) is 11.3. The van der Waals surface area contributed by atoms with Crippen LogP contribution in [0.15, 0.2) is 48.9 Å². The van der Waals surface area contributed by atoms with E-state index in [-0.39, 0.29) is 23.8 Å². The van der Waals surface area contributed by atoms with E-state index in [1.165, 1.54) is 0 Å². The lowest BCUT2D eigenvalue weighted by atomic mass is 9.84. The lowest BCUT2D eigenvalue weighted by molar-refractivity contribution is -0.138. The largest absolute Gasteiger partial charge is 0.364 e. The highest BCUT2D eigenvalue weighted by atomic mass is 16.2. The number of pyridine rings is 2. The summed E-state index contributed by atoms with van der Waals surface area (Å²) < 4.78 is 2.03. The summed E-state index contributed by atoms with van der Waals surface area (Å²) in [5, 5.41) is 3.29. The maximum Gasteiger partial charge on any atom is 0.255 e. The lowest BCUT2D eigenvalue weighted by Gasteiger charge is -2.32. The maximum absolute atomic E-state index is 12.9. The number of aromatic nitrogens is 3. The highest BCUT2D eigenvalue weighted by molar-refractivity contribution is 5.94. The zero-order chi connectivity index (χ0) is 22.1. The molecule has 166 valence electrons. The monoisotopic (exact) mass is 432 g/mol. The van der Waals surface area contributed by atoms with E-state index in [1.54, 1.807) is 6.20 Å². The number of amides is 2. The van der Waals surface area contributed by atoms with Gasteiger partial charge in [0, 0.05) is 38.4 Å². The van der Waals surface area contributed by atoms with Crippen LogP contribution in [-0.2, 0) is 11.3 Å². The minimum atomic E-state index is -0.0298. The van der Waals surface area contributed by atoms with Gasteiger partial charge in [0.15, 0.2) is 0 Å². The van der Waals surface area contributed by atoms with Gasteiger partial charge in [-0.05, 0) is 43.5 Å². The molecule has 2 fully saturated rings. The molecule has 1 saturated heterocycles. The first kappa shape index (κ1) is 20.5. The summed E-state index contributed by atoms with van der Waals surface area (Å²) in [6, 6.07) is 9.64. The third-order valence-electron chi connectivity index (χ3n) is 6.76. The van der Waals surface area contributed by atoms with Crippen molar-refractivity contribution in [2.75, 3.05) is 25.5 Å². The molecule has 2 amide bonds. The molecule has 0 bridgehead atoms. The molecule has 5 rings (SSSR count). The van der Waals surface area contributed by atoms with Gasteiger partial charge < -0.3 is 19.5 Å². The zero-order valence-electron chi connectivity index (χ0n) is 18.3. The van der Waals surface area contributed by atoms with Gasteiger partial charge in [0.05, 0.1) is 30.0 Å². The molecular formula is C24H28N6O2. The molecule has 1 aliphatic heterocycles. The minimum absolute atomic E-state index is 0.0298. The fourth-order valence-corrected chi connectivity index (χ4v) is 4.47. The first-order valence-electron chi connectivity index (χ1n) is 11.3. The second-order valence-electron chi connectivity index (χ2n) is 8.73. The molecule has 32 heavy (non-hydrogen) atoms. The summed E-state index contributed by atoms with van der Waals surface area (Å²) >= 11 is 0. The van der Waals surface area contributed by atoms with E-state index in [1.807, 2.05) is 64.0 Å². The summed E-state index contributed by atoms with van der Waals surface area (Å²) in [7, 11) is 1.88. The average Bonchev–Trinajstić information content (AvgIpc) is 3.43. The number of hydrogen-bond donors (Lipinski definition) is 1. The molecule has 8 nitrogen and oxygen atoms in total. The third-order valence-corrected chi connectivity index (χ3v) is 6.76. The van der Waals surface area contributed by atoms with Gasteiger partial charge in [-0.15, -0.1) is 0 Å². The normalized spacial score (nSPS) is 18.5. The Balaban J connectivity index is 1.17. The number of imidazole rings is 1. The fourth-order valence-electron chi connectivity index (χ4n) is 4.47. The molecule has 3 aromatic rings. The Hall–Kier alpha value is -3.42. The number of likely N-dealkylation sites (tertiary alicyclic amines) is 1. The van der Waals surface area contributed by atoms with Crippen molar-refractivity contribution in [3.05, 3.63) is 60.2 Å². The Labute approximate surface area is 187 Å². The van der Waals surface area contributed by atoms with Crippen molar-refractivity contribution < 1.29 is 9.59 Å². The van der Waals surface area contributed by atoms with Crippen molar-refractivity contribution in [3.63, 3.8) is 0 Å². The van der Waals surface area contributed by atoms with E-state index in [0.717, 1.165) is 37.0 Å². The van der Waals surface area contributed by atoms with Crippen molar-refractivity contribution in [3.8, 4) is 0 Å². The second kappa shape index (κ2) is 8.61. The van der Waals surface area contributed by atoms with Crippen LogP contribution in [0.25, 0.3) is 5.65 Å². The number of likely N-dealkylation sites (N-methyl/N-ethyl adjacent to an activating group) is 1. The van der Waals surface area contributed by atoms with Gasteiger partial charge in [0.25, 0.3) is 5.91 Å². The average molecular weight is 433 g/mol. The van der Waals surface area contributed by atoms with Crippen LogP contribution in [0, 0.1) is 5.92 Å². The van der Waals surface area contributed by atoms with Crippen LogP contribution in [0.4, 0.5) is 5.82 Å².